The van der Waals surface area contributed by atoms with E-state index in [-0.39, 0.29) is 31.1 Å². The van der Waals surface area contributed by atoms with Crippen LogP contribution in [0.1, 0.15) is 26.4 Å². The van der Waals surface area contributed by atoms with E-state index in [9.17, 15) is 41.0 Å². The van der Waals surface area contributed by atoms with Crippen molar-refractivity contribution in [2.45, 2.75) is 38.8 Å². The molecule has 1 saturated heterocycles. The number of aryl methyl sites for hydroxylation is 2. The number of thiophene rings is 1. The van der Waals surface area contributed by atoms with Gasteiger partial charge in [-0.25, -0.2) is 9.59 Å². The summed E-state index contributed by atoms with van der Waals surface area (Å²) < 4.78 is 79.8. The summed E-state index contributed by atoms with van der Waals surface area (Å²) in [5.74, 6) is -1.03. The minimum atomic E-state index is -5.77. The highest BCUT2D eigenvalue weighted by atomic mass is 32.1. The molecule has 13 heteroatoms. The molecule has 1 fully saturated rings. The molecule has 1 amide bonds. The van der Waals surface area contributed by atoms with Crippen molar-refractivity contribution in [3.63, 3.8) is 0 Å². The lowest BCUT2D eigenvalue weighted by molar-refractivity contribution is -0.308. The largest absolute Gasteiger partial charge is 0.477 e. The Morgan fingerprint density at radius 1 is 1.03 bits per heavy atom. The van der Waals surface area contributed by atoms with Crippen molar-refractivity contribution in [1.29, 1.82) is 0 Å². The van der Waals surface area contributed by atoms with Gasteiger partial charge in [-0.1, -0.05) is 23.8 Å². The SMILES string of the molecule is Cc1ccc(CN2CCN(C(=O)OC(C(F)(F)F)C(F)(F)F)CC2)c(-c2sc(C(=O)O)cc2C)c1. The number of aromatic carboxylic acids is 1. The number of hydrogen-bond acceptors (Lipinski definition) is 5. The van der Waals surface area contributed by atoms with Crippen molar-refractivity contribution in [3.8, 4) is 10.4 Å². The van der Waals surface area contributed by atoms with Crippen molar-refractivity contribution in [2.24, 2.45) is 0 Å². The zero-order valence-corrected chi connectivity index (χ0v) is 19.5. The van der Waals surface area contributed by atoms with Crippen LogP contribution in [0.25, 0.3) is 10.4 Å². The van der Waals surface area contributed by atoms with E-state index in [0.29, 0.717) is 6.54 Å². The fourth-order valence-corrected chi connectivity index (χ4v) is 4.78. The fourth-order valence-electron chi connectivity index (χ4n) is 3.72. The Morgan fingerprint density at radius 2 is 1.63 bits per heavy atom. The highest BCUT2D eigenvalue weighted by Gasteiger charge is 2.60. The van der Waals surface area contributed by atoms with Gasteiger partial charge in [-0.2, -0.15) is 26.3 Å². The van der Waals surface area contributed by atoms with Crippen LogP contribution in [0.2, 0.25) is 0 Å². The number of carbonyl (C=O) groups excluding carboxylic acids is 1. The number of nitrogens with zero attached hydrogens (tertiary/aromatic N) is 2. The van der Waals surface area contributed by atoms with E-state index < -0.39 is 30.5 Å². The molecule has 0 radical (unpaired) electrons. The van der Waals surface area contributed by atoms with E-state index in [1.807, 2.05) is 36.9 Å². The standard InChI is InChI=1S/C22H22F6N2O4S/c1-12-3-4-14(15(9-12)17-13(2)10-16(35-17)18(31)32)11-29-5-7-30(8-6-29)20(33)34-19(21(23,24)25)22(26,27)28/h3-4,9-10,19H,5-8,11H2,1-2H3,(H,31,32). The summed E-state index contributed by atoms with van der Waals surface area (Å²) >= 11 is 1.15. The second kappa shape index (κ2) is 10.1. The Hall–Kier alpha value is -2.80. The lowest BCUT2D eigenvalue weighted by Gasteiger charge is -2.35. The number of alkyl halides is 6. The second-order valence-corrected chi connectivity index (χ2v) is 9.25. The summed E-state index contributed by atoms with van der Waals surface area (Å²) in [4.78, 5) is 27.1. The van der Waals surface area contributed by atoms with Gasteiger partial charge >= 0.3 is 24.4 Å². The van der Waals surface area contributed by atoms with Gasteiger partial charge < -0.3 is 14.7 Å². The Kier molecular flexibility index (Phi) is 7.70. The summed E-state index contributed by atoms with van der Waals surface area (Å²) in [6.45, 7) is 4.29. The van der Waals surface area contributed by atoms with Crippen molar-refractivity contribution in [2.75, 3.05) is 26.2 Å². The van der Waals surface area contributed by atoms with Crippen LogP contribution in [0.3, 0.4) is 0 Å². The van der Waals surface area contributed by atoms with Crippen LogP contribution in [0.4, 0.5) is 31.1 Å². The molecule has 35 heavy (non-hydrogen) atoms. The first-order chi connectivity index (χ1) is 16.2. The molecule has 1 aromatic heterocycles. The highest BCUT2D eigenvalue weighted by molar-refractivity contribution is 7.17. The lowest BCUT2D eigenvalue weighted by atomic mass is 10.0. The van der Waals surface area contributed by atoms with Gasteiger partial charge in [-0.05, 0) is 36.6 Å². The maximum Gasteiger partial charge on any atom is 0.434 e. The molecule has 0 atom stereocenters. The normalized spacial score (nSPS) is 15.5. The van der Waals surface area contributed by atoms with Crippen LogP contribution in [-0.2, 0) is 11.3 Å². The molecule has 1 aliphatic heterocycles. The topological polar surface area (TPSA) is 70.1 Å². The molecule has 0 aliphatic carbocycles. The molecule has 1 aliphatic rings. The quantitative estimate of drug-likeness (QED) is 0.525. The molecule has 2 aromatic rings. The van der Waals surface area contributed by atoms with Gasteiger partial charge in [0.15, 0.2) is 0 Å². The summed E-state index contributed by atoms with van der Waals surface area (Å²) in [7, 11) is 0. The number of carboxylic acids is 1. The van der Waals surface area contributed by atoms with E-state index in [0.717, 1.165) is 43.4 Å². The third-order valence-corrected chi connectivity index (χ3v) is 6.73. The van der Waals surface area contributed by atoms with Gasteiger partial charge in [0.2, 0.25) is 0 Å². The Balaban J connectivity index is 1.69. The molecular formula is C22H22F6N2O4S. The summed E-state index contributed by atoms with van der Waals surface area (Å²) in [6.07, 6.45) is -17.4. The van der Waals surface area contributed by atoms with Gasteiger partial charge in [0.25, 0.3) is 6.10 Å². The monoisotopic (exact) mass is 524 g/mol. The third-order valence-electron chi connectivity index (χ3n) is 5.48. The summed E-state index contributed by atoms with van der Waals surface area (Å²) in [6, 6.07) is 7.31. The fraction of sp³-hybridized carbons (Fsp3) is 0.455. The molecule has 0 bridgehead atoms. The van der Waals surface area contributed by atoms with E-state index in [1.165, 1.54) is 0 Å². The summed E-state index contributed by atoms with van der Waals surface area (Å²) in [5.41, 5.74) is 3.49. The predicted octanol–water partition coefficient (Wildman–Crippen LogP) is 5.48. The number of ether oxygens (including phenoxy) is 1. The van der Waals surface area contributed by atoms with E-state index in [4.69, 9.17) is 0 Å². The molecule has 192 valence electrons. The Bertz CT molecular complexity index is 1080. The first-order valence-corrected chi connectivity index (χ1v) is 11.2. The Labute approximate surface area is 200 Å². The average molecular weight is 524 g/mol. The molecule has 6 nitrogen and oxygen atoms in total. The molecule has 3 rings (SSSR count). The first kappa shape index (κ1) is 26.8. The van der Waals surface area contributed by atoms with Crippen LogP contribution in [-0.4, -0.2) is 71.6 Å². The van der Waals surface area contributed by atoms with Crippen LogP contribution >= 0.6 is 11.3 Å². The molecule has 2 heterocycles. The third kappa shape index (κ3) is 6.45. The Morgan fingerprint density at radius 3 is 2.14 bits per heavy atom. The van der Waals surface area contributed by atoms with E-state index >= 15 is 0 Å². The molecule has 0 spiro atoms. The maximum absolute atomic E-state index is 12.7. The summed E-state index contributed by atoms with van der Waals surface area (Å²) in [5, 5.41) is 9.30. The van der Waals surface area contributed by atoms with Crippen molar-refractivity contribution >= 4 is 23.4 Å². The van der Waals surface area contributed by atoms with Crippen LogP contribution in [0.15, 0.2) is 24.3 Å². The number of benzene rings is 1. The van der Waals surface area contributed by atoms with E-state index in [1.54, 1.807) is 6.07 Å². The molecule has 1 N–H and O–H groups in total. The minimum Gasteiger partial charge on any atom is -0.477 e. The van der Waals surface area contributed by atoms with Crippen molar-refractivity contribution < 1.29 is 45.8 Å². The molecule has 0 unspecified atom stereocenters. The maximum atomic E-state index is 12.7. The van der Waals surface area contributed by atoms with Crippen molar-refractivity contribution in [3.05, 3.63) is 45.8 Å². The van der Waals surface area contributed by atoms with Crippen LogP contribution < -0.4 is 0 Å². The second-order valence-electron chi connectivity index (χ2n) is 8.20. The minimum absolute atomic E-state index is 0.107. The average Bonchev–Trinajstić information content (AvgIpc) is 3.14. The number of amides is 1. The zero-order chi connectivity index (χ0) is 26.1. The van der Waals surface area contributed by atoms with Crippen LogP contribution in [0, 0.1) is 13.8 Å². The van der Waals surface area contributed by atoms with Crippen molar-refractivity contribution in [1.82, 2.24) is 9.80 Å². The van der Waals surface area contributed by atoms with Crippen LogP contribution in [0.5, 0.6) is 0 Å². The number of piperazine rings is 1. The highest BCUT2D eigenvalue weighted by Crippen LogP contribution is 2.37. The smallest absolute Gasteiger partial charge is 0.434 e. The number of carbonyl (C=O) groups is 2. The molecule has 0 saturated carbocycles. The zero-order valence-electron chi connectivity index (χ0n) is 18.7. The number of hydrogen-bond donors (Lipinski definition) is 1. The van der Waals surface area contributed by atoms with Gasteiger partial charge in [0, 0.05) is 37.6 Å². The van der Waals surface area contributed by atoms with Gasteiger partial charge in [0.05, 0.1) is 0 Å². The number of rotatable bonds is 5. The van der Waals surface area contributed by atoms with E-state index in [2.05, 4.69) is 4.74 Å². The first-order valence-electron chi connectivity index (χ1n) is 10.4. The molecule has 1 aromatic carbocycles. The van der Waals surface area contributed by atoms with Gasteiger partial charge in [0.1, 0.15) is 4.88 Å². The van der Waals surface area contributed by atoms with Gasteiger partial charge in [-0.3, -0.25) is 4.90 Å². The lowest BCUT2D eigenvalue weighted by Crippen LogP contribution is -2.52. The number of halogens is 6. The predicted molar refractivity (Wildman–Crippen MR) is 115 cm³/mol. The molecular weight excluding hydrogens is 502 g/mol. The van der Waals surface area contributed by atoms with Gasteiger partial charge in [-0.15, -0.1) is 11.3 Å². The number of carboxylic acid groups (broad SMARTS) is 1.